The van der Waals surface area contributed by atoms with Gasteiger partial charge in [-0.2, -0.15) is 0 Å². The van der Waals surface area contributed by atoms with Gasteiger partial charge in [-0.05, 0) is 53.8 Å². The number of pyridine rings is 1. The Morgan fingerprint density at radius 1 is 0.964 bits per heavy atom. The summed E-state index contributed by atoms with van der Waals surface area (Å²) in [7, 11) is 0. The van der Waals surface area contributed by atoms with E-state index in [4.69, 9.17) is 16.0 Å². The number of hydrogen-bond donors (Lipinski definition) is 1. The number of aromatic nitrogens is 1. The lowest BCUT2D eigenvalue weighted by Crippen LogP contribution is -2.07. The highest BCUT2D eigenvalue weighted by Gasteiger charge is 2.14. The standard InChI is InChI=1S/C24H23ClN2O/c1-15(2)17-6-8-18(9-7-17)19-10-11-22-20(13-19)24(21(25)14-26-22)27-16(3)23-5-4-12-28-23/h4-16H,1-3H3,(H,26,27). The van der Waals surface area contributed by atoms with E-state index in [0.29, 0.717) is 10.9 Å². The zero-order chi connectivity index (χ0) is 19.7. The highest BCUT2D eigenvalue weighted by Crippen LogP contribution is 2.35. The molecule has 0 bridgehead atoms. The number of anilines is 1. The first-order valence-corrected chi connectivity index (χ1v) is 9.89. The van der Waals surface area contributed by atoms with E-state index in [1.54, 1.807) is 12.5 Å². The average molecular weight is 391 g/mol. The lowest BCUT2D eigenvalue weighted by molar-refractivity contribution is 0.491. The van der Waals surface area contributed by atoms with Crippen molar-refractivity contribution in [3.8, 4) is 11.1 Å². The van der Waals surface area contributed by atoms with Crippen molar-refractivity contribution in [3.05, 3.63) is 83.4 Å². The van der Waals surface area contributed by atoms with E-state index in [9.17, 15) is 0 Å². The lowest BCUT2D eigenvalue weighted by Gasteiger charge is -2.17. The fourth-order valence-electron chi connectivity index (χ4n) is 3.38. The molecule has 1 atom stereocenters. The van der Waals surface area contributed by atoms with Crippen LogP contribution in [0.1, 0.15) is 44.1 Å². The normalized spacial score (nSPS) is 12.5. The molecule has 0 radical (unpaired) electrons. The number of furan rings is 1. The third kappa shape index (κ3) is 3.63. The van der Waals surface area contributed by atoms with Gasteiger partial charge in [0.25, 0.3) is 0 Å². The van der Waals surface area contributed by atoms with Crippen LogP contribution in [0.4, 0.5) is 5.69 Å². The first-order valence-electron chi connectivity index (χ1n) is 9.51. The SMILES string of the molecule is CC(C)c1ccc(-c2ccc3ncc(Cl)c(NC(C)c4ccco4)c3c2)cc1. The number of halogens is 1. The second-order valence-electron chi connectivity index (χ2n) is 7.37. The molecule has 2 aromatic carbocycles. The quantitative estimate of drug-likeness (QED) is 0.384. The molecule has 0 aliphatic heterocycles. The molecule has 28 heavy (non-hydrogen) atoms. The van der Waals surface area contributed by atoms with E-state index in [-0.39, 0.29) is 6.04 Å². The third-order valence-electron chi connectivity index (χ3n) is 5.06. The van der Waals surface area contributed by atoms with Gasteiger partial charge in [0.15, 0.2) is 0 Å². The Morgan fingerprint density at radius 2 is 1.71 bits per heavy atom. The van der Waals surface area contributed by atoms with Gasteiger partial charge in [-0.1, -0.05) is 55.8 Å². The van der Waals surface area contributed by atoms with Crippen LogP contribution >= 0.6 is 11.6 Å². The fraction of sp³-hybridized carbons (Fsp3) is 0.208. The summed E-state index contributed by atoms with van der Waals surface area (Å²) in [5.74, 6) is 1.38. The molecule has 142 valence electrons. The summed E-state index contributed by atoms with van der Waals surface area (Å²) in [6.07, 6.45) is 3.37. The minimum Gasteiger partial charge on any atom is -0.467 e. The van der Waals surface area contributed by atoms with Crippen LogP contribution in [-0.4, -0.2) is 4.98 Å². The Hall–Kier alpha value is -2.78. The van der Waals surface area contributed by atoms with Gasteiger partial charge in [0.1, 0.15) is 5.76 Å². The van der Waals surface area contributed by atoms with Crippen LogP contribution in [0.5, 0.6) is 0 Å². The maximum absolute atomic E-state index is 6.51. The van der Waals surface area contributed by atoms with Crippen molar-refractivity contribution >= 4 is 28.2 Å². The van der Waals surface area contributed by atoms with Gasteiger partial charge in [0.2, 0.25) is 0 Å². The minimum atomic E-state index is -0.00733. The van der Waals surface area contributed by atoms with E-state index < -0.39 is 0 Å². The first-order chi connectivity index (χ1) is 13.5. The largest absolute Gasteiger partial charge is 0.467 e. The molecule has 0 aliphatic rings. The Balaban J connectivity index is 1.75. The van der Waals surface area contributed by atoms with Gasteiger partial charge < -0.3 is 9.73 Å². The Kier molecular flexibility index (Phi) is 5.10. The van der Waals surface area contributed by atoms with Gasteiger partial charge in [0.05, 0.1) is 28.5 Å². The topological polar surface area (TPSA) is 38.1 Å². The van der Waals surface area contributed by atoms with Crippen LogP contribution in [0.3, 0.4) is 0 Å². The van der Waals surface area contributed by atoms with Crippen LogP contribution in [0.15, 0.2) is 71.5 Å². The highest BCUT2D eigenvalue weighted by molar-refractivity contribution is 6.34. The van der Waals surface area contributed by atoms with Crippen LogP contribution in [0.25, 0.3) is 22.0 Å². The van der Waals surface area contributed by atoms with Crippen molar-refractivity contribution in [2.45, 2.75) is 32.7 Å². The molecule has 4 heteroatoms. The molecule has 4 rings (SSSR count). The Morgan fingerprint density at radius 3 is 2.39 bits per heavy atom. The van der Waals surface area contributed by atoms with E-state index in [1.807, 2.05) is 18.2 Å². The van der Waals surface area contributed by atoms with Crippen LogP contribution in [0.2, 0.25) is 5.02 Å². The predicted octanol–water partition coefficient (Wildman–Crippen LogP) is 7.44. The Bertz CT molecular complexity index is 1090. The molecule has 3 nitrogen and oxygen atoms in total. The molecule has 2 aromatic heterocycles. The van der Waals surface area contributed by atoms with Gasteiger partial charge in [-0.15, -0.1) is 0 Å². The zero-order valence-electron chi connectivity index (χ0n) is 16.2. The number of nitrogens with one attached hydrogen (secondary N) is 1. The van der Waals surface area contributed by atoms with E-state index in [2.05, 4.69) is 67.5 Å². The van der Waals surface area contributed by atoms with Gasteiger partial charge >= 0.3 is 0 Å². The highest BCUT2D eigenvalue weighted by atomic mass is 35.5. The summed E-state index contributed by atoms with van der Waals surface area (Å²) in [4.78, 5) is 4.49. The van der Waals surface area contributed by atoms with Gasteiger partial charge in [0, 0.05) is 11.6 Å². The van der Waals surface area contributed by atoms with Crippen molar-refractivity contribution < 1.29 is 4.42 Å². The number of hydrogen-bond acceptors (Lipinski definition) is 3. The molecule has 0 spiro atoms. The van der Waals surface area contributed by atoms with E-state index in [0.717, 1.165) is 27.9 Å². The minimum absolute atomic E-state index is 0.00733. The molecular formula is C24H23ClN2O. The van der Waals surface area contributed by atoms with E-state index >= 15 is 0 Å². The zero-order valence-corrected chi connectivity index (χ0v) is 17.0. The van der Waals surface area contributed by atoms with Crippen molar-refractivity contribution in [1.82, 2.24) is 4.98 Å². The fourth-order valence-corrected chi connectivity index (χ4v) is 3.59. The smallest absolute Gasteiger partial charge is 0.125 e. The molecule has 0 saturated heterocycles. The van der Waals surface area contributed by atoms with Crippen molar-refractivity contribution in [3.63, 3.8) is 0 Å². The second-order valence-corrected chi connectivity index (χ2v) is 7.78. The molecule has 0 saturated carbocycles. The first kappa shape index (κ1) is 18.6. The van der Waals surface area contributed by atoms with Crippen molar-refractivity contribution in [2.75, 3.05) is 5.32 Å². The number of nitrogens with zero attached hydrogens (tertiary/aromatic N) is 1. The Labute approximate surface area is 170 Å². The lowest BCUT2D eigenvalue weighted by atomic mass is 9.97. The number of benzene rings is 2. The van der Waals surface area contributed by atoms with Crippen molar-refractivity contribution in [2.24, 2.45) is 0 Å². The average Bonchev–Trinajstić information content (AvgIpc) is 3.25. The van der Waals surface area contributed by atoms with Gasteiger partial charge in [-0.3, -0.25) is 4.98 Å². The maximum atomic E-state index is 6.51. The molecular weight excluding hydrogens is 368 g/mol. The summed E-state index contributed by atoms with van der Waals surface area (Å²) >= 11 is 6.51. The molecule has 0 aliphatic carbocycles. The summed E-state index contributed by atoms with van der Waals surface area (Å²) in [6, 6.07) is 18.9. The molecule has 0 fully saturated rings. The van der Waals surface area contributed by atoms with Crippen LogP contribution in [0, 0.1) is 0 Å². The van der Waals surface area contributed by atoms with Crippen molar-refractivity contribution in [1.29, 1.82) is 0 Å². The van der Waals surface area contributed by atoms with Gasteiger partial charge in [-0.25, -0.2) is 0 Å². The molecule has 2 heterocycles. The predicted molar refractivity (Wildman–Crippen MR) is 117 cm³/mol. The summed E-state index contributed by atoms with van der Waals surface area (Å²) in [5, 5.41) is 5.08. The second kappa shape index (κ2) is 7.69. The number of rotatable bonds is 5. The molecule has 0 amide bonds. The monoisotopic (exact) mass is 390 g/mol. The van der Waals surface area contributed by atoms with E-state index in [1.165, 1.54) is 11.1 Å². The summed E-state index contributed by atoms with van der Waals surface area (Å²) < 4.78 is 5.52. The number of fused-ring (bicyclic) bond motifs is 1. The van der Waals surface area contributed by atoms with Crippen LogP contribution in [-0.2, 0) is 0 Å². The summed E-state index contributed by atoms with van der Waals surface area (Å²) in [6.45, 7) is 6.46. The molecule has 1 N–H and O–H groups in total. The molecule has 4 aromatic rings. The maximum Gasteiger partial charge on any atom is 0.125 e. The third-order valence-corrected chi connectivity index (χ3v) is 5.35. The molecule has 1 unspecified atom stereocenters. The summed E-state index contributed by atoms with van der Waals surface area (Å²) in [5.41, 5.74) is 5.43. The van der Waals surface area contributed by atoms with Crippen LogP contribution < -0.4 is 5.32 Å².